The largest absolute Gasteiger partial charge is 1.00 e. The topological polar surface area (TPSA) is 20.9 Å². The first kappa shape index (κ1) is 21.8. The Morgan fingerprint density at radius 2 is 1.36 bits per heavy atom. The van der Waals surface area contributed by atoms with Crippen molar-refractivity contribution in [2.24, 2.45) is 0 Å². The van der Waals surface area contributed by atoms with E-state index in [-0.39, 0.29) is 23.6 Å². The van der Waals surface area contributed by atoms with E-state index in [4.69, 9.17) is 0 Å². The summed E-state index contributed by atoms with van der Waals surface area (Å²) in [5.74, 6) is 0.0599. The summed E-state index contributed by atoms with van der Waals surface area (Å²) in [6.45, 7) is 11.9. The highest BCUT2D eigenvalue weighted by Gasteiger charge is 2.18. The number of rotatable bonds is 4. The van der Waals surface area contributed by atoms with E-state index in [0.29, 0.717) is 5.56 Å². The summed E-state index contributed by atoms with van der Waals surface area (Å²) >= 11 is 0. The third-order valence-corrected chi connectivity index (χ3v) is 5.09. The van der Waals surface area contributed by atoms with Crippen molar-refractivity contribution in [3.63, 3.8) is 0 Å². The second-order valence-electron chi connectivity index (χ2n) is 8.29. The molecule has 0 radical (unpaired) electrons. The van der Waals surface area contributed by atoms with Crippen molar-refractivity contribution in [2.75, 3.05) is 0 Å². The molecule has 2 aromatic carbocycles. The zero-order valence-electron chi connectivity index (χ0n) is 17.3. The van der Waals surface area contributed by atoms with E-state index in [0.717, 1.165) is 12.1 Å². The lowest BCUT2D eigenvalue weighted by atomic mass is 9.84. The van der Waals surface area contributed by atoms with Crippen LogP contribution in [0.1, 0.15) is 58.9 Å². The van der Waals surface area contributed by atoms with Gasteiger partial charge in [-0.05, 0) is 36.0 Å². The normalized spacial score (nSPS) is 11.0. The number of nitrogens with zero attached hydrogens (tertiary/aromatic N) is 1. The first-order valence-electron chi connectivity index (χ1n) is 9.45. The molecule has 0 N–H and O–H groups in total. The van der Waals surface area contributed by atoms with Crippen molar-refractivity contribution in [3.8, 4) is 0 Å². The SMILES string of the molecule is Cc1cc(C(C)(C)C)cc(C)c1C[n+]1ccc(C(=O)c2ccccc2)cc1.[Cl-]. The number of hydrogen-bond donors (Lipinski definition) is 0. The summed E-state index contributed by atoms with van der Waals surface area (Å²) in [5.41, 5.74) is 6.94. The number of pyridine rings is 1. The van der Waals surface area contributed by atoms with E-state index >= 15 is 0 Å². The van der Waals surface area contributed by atoms with Gasteiger partial charge in [-0.3, -0.25) is 4.79 Å². The van der Waals surface area contributed by atoms with Gasteiger partial charge < -0.3 is 12.4 Å². The van der Waals surface area contributed by atoms with Crippen molar-refractivity contribution in [1.82, 2.24) is 0 Å². The number of benzene rings is 2. The van der Waals surface area contributed by atoms with Crippen LogP contribution in [0.2, 0.25) is 0 Å². The fourth-order valence-electron chi connectivity index (χ4n) is 3.33. The minimum Gasteiger partial charge on any atom is -1.00 e. The quantitative estimate of drug-likeness (QED) is 0.491. The maximum atomic E-state index is 12.5. The Bertz CT molecular complexity index is 931. The number of carbonyl (C=O) groups is 1. The monoisotopic (exact) mass is 393 g/mol. The first-order valence-corrected chi connectivity index (χ1v) is 9.45. The molecule has 0 amide bonds. The van der Waals surface area contributed by atoms with Crippen LogP contribution in [0.25, 0.3) is 0 Å². The van der Waals surface area contributed by atoms with Gasteiger partial charge in [0.05, 0.1) is 0 Å². The highest BCUT2D eigenvalue weighted by atomic mass is 35.5. The van der Waals surface area contributed by atoms with Crippen LogP contribution < -0.4 is 17.0 Å². The third kappa shape index (κ3) is 4.88. The molecule has 0 aliphatic rings. The van der Waals surface area contributed by atoms with E-state index in [1.54, 1.807) is 0 Å². The molecular weight excluding hydrogens is 366 g/mol. The number of ketones is 1. The van der Waals surface area contributed by atoms with E-state index in [9.17, 15) is 4.79 Å². The molecule has 0 atom stereocenters. The summed E-state index contributed by atoms with van der Waals surface area (Å²) in [5, 5.41) is 0. The molecule has 0 aliphatic heterocycles. The molecular formula is C25H28ClNO. The van der Waals surface area contributed by atoms with E-state index in [1.807, 2.05) is 54.9 Å². The summed E-state index contributed by atoms with van der Waals surface area (Å²) < 4.78 is 2.13. The average Bonchev–Trinajstić information content (AvgIpc) is 2.64. The van der Waals surface area contributed by atoms with Crippen LogP contribution >= 0.6 is 0 Å². The molecule has 3 aromatic rings. The Hall–Kier alpha value is -2.45. The van der Waals surface area contributed by atoms with Crippen LogP contribution in [0.5, 0.6) is 0 Å². The number of aromatic nitrogens is 1. The molecule has 1 heterocycles. The average molecular weight is 394 g/mol. The second kappa shape index (κ2) is 8.70. The molecule has 28 heavy (non-hydrogen) atoms. The predicted molar refractivity (Wildman–Crippen MR) is 110 cm³/mol. The van der Waals surface area contributed by atoms with Crippen molar-refractivity contribution >= 4 is 5.78 Å². The van der Waals surface area contributed by atoms with Crippen LogP contribution in [0.3, 0.4) is 0 Å². The highest BCUT2D eigenvalue weighted by molar-refractivity contribution is 6.08. The minimum atomic E-state index is 0. The fourth-order valence-corrected chi connectivity index (χ4v) is 3.33. The van der Waals surface area contributed by atoms with Crippen LogP contribution in [-0.4, -0.2) is 5.78 Å². The summed E-state index contributed by atoms with van der Waals surface area (Å²) in [7, 11) is 0. The van der Waals surface area contributed by atoms with Gasteiger partial charge >= 0.3 is 0 Å². The van der Waals surface area contributed by atoms with Gasteiger partial charge in [-0.15, -0.1) is 0 Å². The minimum absolute atomic E-state index is 0. The predicted octanol–water partition coefficient (Wildman–Crippen LogP) is 2.17. The van der Waals surface area contributed by atoms with Gasteiger partial charge in [0.1, 0.15) is 0 Å². The first-order chi connectivity index (χ1) is 12.8. The molecule has 0 fully saturated rings. The Morgan fingerprint density at radius 3 is 1.86 bits per heavy atom. The Kier molecular flexibility index (Phi) is 6.79. The zero-order valence-corrected chi connectivity index (χ0v) is 18.0. The molecule has 0 saturated heterocycles. The lowest BCUT2D eigenvalue weighted by Crippen LogP contribution is -3.00. The van der Waals surface area contributed by atoms with Crippen LogP contribution in [0.4, 0.5) is 0 Å². The Labute approximate surface area is 174 Å². The Morgan fingerprint density at radius 1 is 0.857 bits per heavy atom. The Balaban J connectivity index is 0.00000280. The number of carbonyl (C=O) groups excluding carboxylic acids is 1. The number of hydrogen-bond acceptors (Lipinski definition) is 1. The van der Waals surface area contributed by atoms with Gasteiger partial charge in [-0.1, -0.05) is 63.2 Å². The standard InChI is InChI=1S/C25H28NO.ClH/c1-18-15-22(25(3,4)5)16-19(2)23(18)17-26-13-11-21(12-14-26)24(27)20-9-7-6-8-10-20;/h6-16H,17H2,1-5H3;1H/q+1;/p-1. The molecule has 3 heteroatoms. The molecule has 0 spiro atoms. The van der Waals surface area contributed by atoms with Gasteiger partial charge in [0, 0.05) is 28.8 Å². The van der Waals surface area contributed by atoms with E-state index < -0.39 is 0 Å². The number of aryl methyl sites for hydroxylation is 2. The third-order valence-electron chi connectivity index (χ3n) is 5.09. The maximum Gasteiger partial charge on any atom is 0.193 e. The van der Waals surface area contributed by atoms with E-state index in [2.05, 4.69) is 51.3 Å². The van der Waals surface area contributed by atoms with Crippen molar-refractivity contribution < 1.29 is 21.8 Å². The molecule has 146 valence electrons. The smallest absolute Gasteiger partial charge is 0.193 e. The van der Waals surface area contributed by atoms with Gasteiger partial charge in [0.2, 0.25) is 0 Å². The fraction of sp³-hybridized carbons (Fsp3) is 0.280. The van der Waals surface area contributed by atoms with Crippen molar-refractivity contribution in [2.45, 2.75) is 46.6 Å². The number of halogens is 1. The summed E-state index contributed by atoms with van der Waals surface area (Å²) in [6.07, 6.45) is 3.99. The van der Waals surface area contributed by atoms with E-state index in [1.165, 1.54) is 22.3 Å². The van der Waals surface area contributed by atoms with Gasteiger partial charge in [0.25, 0.3) is 0 Å². The van der Waals surface area contributed by atoms with Gasteiger partial charge in [-0.25, -0.2) is 4.57 Å². The van der Waals surface area contributed by atoms with Crippen LogP contribution in [0, 0.1) is 13.8 Å². The molecule has 3 rings (SSSR count). The molecule has 1 aromatic heterocycles. The summed E-state index contributed by atoms with van der Waals surface area (Å²) in [6, 6.07) is 17.8. The van der Waals surface area contributed by atoms with Gasteiger partial charge in [-0.2, -0.15) is 0 Å². The molecule has 0 saturated carbocycles. The van der Waals surface area contributed by atoms with Crippen LogP contribution in [0.15, 0.2) is 67.0 Å². The maximum absolute atomic E-state index is 12.5. The van der Waals surface area contributed by atoms with Crippen molar-refractivity contribution in [3.05, 3.63) is 100 Å². The lowest BCUT2D eigenvalue weighted by molar-refractivity contribution is -0.688. The lowest BCUT2D eigenvalue weighted by Gasteiger charge is -2.21. The molecule has 0 bridgehead atoms. The van der Waals surface area contributed by atoms with Crippen LogP contribution in [-0.2, 0) is 12.0 Å². The van der Waals surface area contributed by atoms with Crippen molar-refractivity contribution in [1.29, 1.82) is 0 Å². The highest BCUT2D eigenvalue weighted by Crippen LogP contribution is 2.26. The molecule has 2 nitrogen and oxygen atoms in total. The summed E-state index contributed by atoms with van der Waals surface area (Å²) in [4.78, 5) is 12.5. The van der Waals surface area contributed by atoms with Gasteiger partial charge in [0.15, 0.2) is 24.7 Å². The molecule has 0 aliphatic carbocycles. The zero-order chi connectivity index (χ0) is 19.6. The molecule has 0 unspecified atom stereocenters. The second-order valence-corrected chi connectivity index (χ2v) is 8.29.